The molecule has 1 heterocycles. The maximum atomic E-state index is 13.4. The Labute approximate surface area is 175 Å². The lowest BCUT2D eigenvalue weighted by molar-refractivity contribution is 0.102. The zero-order valence-electron chi connectivity index (χ0n) is 16.6. The number of halogens is 1. The van der Waals surface area contributed by atoms with E-state index in [1.807, 2.05) is 12.1 Å². The number of aromatic nitrogens is 1. The molecule has 1 atom stereocenters. The molecule has 1 aromatic heterocycles. The van der Waals surface area contributed by atoms with Crippen LogP contribution in [0.5, 0.6) is 0 Å². The second-order valence-corrected chi connectivity index (χ2v) is 8.74. The number of nitrogens with zero attached hydrogens (tertiary/aromatic N) is 1. The van der Waals surface area contributed by atoms with E-state index in [1.54, 1.807) is 26.2 Å². The van der Waals surface area contributed by atoms with Gasteiger partial charge in [0.05, 0.1) is 4.90 Å². The molecular formula is C22H22FN3O3S. The molecule has 8 heteroatoms. The number of nitrogens with one attached hydrogen (secondary N) is 2. The number of aryl methyl sites for hydroxylation is 1. The number of pyridine rings is 1. The molecule has 0 fully saturated rings. The summed E-state index contributed by atoms with van der Waals surface area (Å²) in [7, 11) is -3.82. The van der Waals surface area contributed by atoms with Gasteiger partial charge in [0.1, 0.15) is 5.82 Å². The number of carbonyl (C=O) groups is 1. The molecule has 1 amide bonds. The minimum absolute atomic E-state index is 0.00739. The summed E-state index contributed by atoms with van der Waals surface area (Å²) in [4.78, 5) is 16.5. The van der Waals surface area contributed by atoms with Gasteiger partial charge in [-0.3, -0.25) is 9.78 Å². The van der Waals surface area contributed by atoms with E-state index in [0.29, 0.717) is 17.7 Å². The lowest BCUT2D eigenvalue weighted by atomic mass is 10.1. The fourth-order valence-electron chi connectivity index (χ4n) is 2.98. The molecular weight excluding hydrogens is 405 g/mol. The Hall–Kier alpha value is -3.10. The summed E-state index contributed by atoms with van der Waals surface area (Å²) >= 11 is 0. The largest absolute Gasteiger partial charge is 0.322 e. The molecule has 1 unspecified atom stereocenters. The summed E-state index contributed by atoms with van der Waals surface area (Å²) in [5, 5.41) is 2.65. The van der Waals surface area contributed by atoms with Crippen molar-refractivity contribution in [1.29, 1.82) is 0 Å². The van der Waals surface area contributed by atoms with Gasteiger partial charge in [0.25, 0.3) is 5.91 Å². The quantitative estimate of drug-likeness (QED) is 0.602. The third-order valence-corrected chi connectivity index (χ3v) is 6.06. The van der Waals surface area contributed by atoms with E-state index in [1.165, 1.54) is 42.5 Å². The van der Waals surface area contributed by atoms with Gasteiger partial charge in [-0.25, -0.2) is 17.5 Å². The fourth-order valence-corrected chi connectivity index (χ4v) is 4.27. The highest BCUT2D eigenvalue weighted by molar-refractivity contribution is 7.89. The Kier molecular flexibility index (Phi) is 6.59. The number of rotatable bonds is 7. The predicted molar refractivity (Wildman–Crippen MR) is 113 cm³/mol. The minimum Gasteiger partial charge on any atom is -0.322 e. The molecule has 0 bridgehead atoms. The summed E-state index contributed by atoms with van der Waals surface area (Å²) in [6, 6.07) is 13.3. The highest BCUT2D eigenvalue weighted by Crippen LogP contribution is 2.17. The molecule has 30 heavy (non-hydrogen) atoms. The number of benzene rings is 2. The van der Waals surface area contributed by atoms with Crippen LogP contribution in [0, 0.1) is 12.7 Å². The van der Waals surface area contributed by atoms with E-state index in [4.69, 9.17) is 0 Å². The van der Waals surface area contributed by atoms with Crippen LogP contribution in [0.2, 0.25) is 0 Å². The van der Waals surface area contributed by atoms with Crippen LogP contribution in [0.4, 0.5) is 10.1 Å². The average molecular weight is 428 g/mol. The van der Waals surface area contributed by atoms with Gasteiger partial charge in [0, 0.05) is 29.7 Å². The van der Waals surface area contributed by atoms with Gasteiger partial charge in [0.2, 0.25) is 10.0 Å². The number of hydrogen-bond acceptors (Lipinski definition) is 4. The second kappa shape index (κ2) is 9.15. The molecule has 0 saturated carbocycles. The zero-order valence-corrected chi connectivity index (χ0v) is 17.4. The third-order valence-electron chi connectivity index (χ3n) is 4.47. The molecule has 0 aliphatic heterocycles. The zero-order chi connectivity index (χ0) is 21.7. The first-order valence-electron chi connectivity index (χ1n) is 9.33. The Morgan fingerprint density at radius 3 is 2.53 bits per heavy atom. The van der Waals surface area contributed by atoms with Gasteiger partial charge in [-0.2, -0.15) is 0 Å². The molecule has 3 aromatic rings. The topological polar surface area (TPSA) is 88.2 Å². The molecule has 0 aliphatic carbocycles. The van der Waals surface area contributed by atoms with Gasteiger partial charge in [0.15, 0.2) is 0 Å². The Morgan fingerprint density at radius 2 is 1.83 bits per heavy atom. The first-order valence-corrected chi connectivity index (χ1v) is 10.8. The summed E-state index contributed by atoms with van der Waals surface area (Å²) in [6.45, 7) is 3.36. The standard InChI is InChI=1S/C22H22FN3O3S/c1-15-12-19(6-7-21(15)23)25-22(27)18-4-3-5-20(14-18)30(28,29)26-16(2)13-17-8-10-24-11-9-17/h3-12,14,16,26H,13H2,1-2H3,(H,25,27). The lowest BCUT2D eigenvalue weighted by Crippen LogP contribution is -2.34. The van der Waals surface area contributed by atoms with Crippen LogP contribution in [-0.2, 0) is 16.4 Å². The van der Waals surface area contributed by atoms with Crippen LogP contribution in [0.25, 0.3) is 0 Å². The molecule has 6 nitrogen and oxygen atoms in total. The molecule has 2 aromatic carbocycles. The van der Waals surface area contributed by atoms with Crippen LogP contribution in [0.1, 0.15) is 28.4 Å². The van der Waals surface area contributed by atoms with Crippen molar-refractivity contribution in [2.45, 2.75) is 31.2 Å². The van der Waals surface area contributed by atoms with Crippen molar-refractivity contribution in [3.8, 4) is 0 Å². The molecule has 0 saturated heterocycles. The van der Waals surface area contributed by atoms with Gasteiger partial charge in [-0.05, 0) is 79.9 Å². The number of anilines is 1. The van der Waals surface area contributed by atoms with Crippen molar-refractivity contribution in [3.63, 3.8) is 0 Å². The number of sulfonamides is 1. The minimum atomic E-state index is -3.82. The van der Waals surface area contributed by atoms with Crippen LogP contribution in [0.3, 0.4) is 0 Å². The van der Waals surface area contributed by atoms with Crippen LogP contribution in [-0.4, -0.2) is 25.4 Å². The van der Waals surface area contributed by atoms with E-state index in [9.17, 15) is 17.6 Å². The lowest BCUT2D eigenvalue weighted by Gasteiger charge is -2.15. The Bertz CT molecular complexity index is 1150. The Morgan fingerprint density at radius 1 is 1.10 bits per heavy atom. The van der Waals surface area contributed by atoms with E-state index in [-0.39, 0.29) is 22.3 Å². The summed E-state index contributed by atoms with van der Waals surface area (Å²) in [5.41, 5.74) is 1.97. The molecule has 0 aliphatic rings. The van der Waals surface area contributed by atoms with E-state index in [2.05, 4.69) is 15.0 Å². The van der Waals surface area contributed by atoms with Crippen LogP contribution in [0.15, 0.2) is 71.9 Å². The van der Waals surface area contributed by atoms with Gasteiger partial charge in [-0.1, -0.05) is 6.07 Å². The van der Waals surface area contributed by atoms with Gasteiger partial charge < -0.3 is 5.32 Å². The number of hydrogen-bond donors (Lipinski definition) is 2. The van der Waals surface area contributed by atoms with E-state index >= 15 is 0 Å². The number of amides is 1. The SMILES string of the molecule is Cc1cc(NC(=O)c2cccc(S(=O)(=O)NC(C)Cc3ccncc3)c2)ccc1F. The van der Waals surface area contributed by atoms with Gasteiger partial charge in [-0.15, -0.1) is 0 Å². The molecule has 0 radical (unpaired) electrons. The van der Waals surface area contributed by atoms with Crippen LogP contribution < -0.4 is 10.0 Å². The maximum absolute atomic E-state index is 13.4. The first-order chi connectivity index (χ1) is 14.2. The fraction of sp³-hybridized carbons (Fsp3) is 0.182. The van der Waals surface area contributed by atoms with Crippen molar-refractivity contribution in [2.75, 3.05) is 5.32 Å². The monoisotopic (exact) mass is 427 g/mol. The predicted octanol–water partition coefficient (Wildman–Crippen LogP) is 3.69. The maximum Gasteiger partial charge on any atom is 0.255 e. The second-order valence-electron chi connectivity index (χ2n) is 7.03. The molecule has 156 valence electrons. The van der Waals surface area contributed by atoms with Crippen LogP contribution >= 0.6 is 0 Å². The molecule has 0 spiro atoms. The van der Waals surface area contributed by atoms with Crippen molar-refractivity contribution in [1.82, 2.24) is 9.71 Å². The van der Waals surface area contributed by atoms with E-state index < -0.39 is 15.9 Å². The van der Waals surface area contributed by atoms with E-state index in [0.717, 1.165) is 5.56 Å². The van der Waals surface area contributed by atoms with Crippen molar-refractivity contribution < 1.29 is 17.6 Å². The normalized spacial score (nSPS) is 12.4. The molecule has 2 N–H and O–H groups in total. The number of carbonyl (C=O) groups excluding carboxylic acids is 1. The third kappa shape index (κ3) is 5.49. The van der Waals surface area contributed by atoms with Crippen molar-refractivity contribution >= 4 is 21.6 Å². The first kappa shape index (κ1) is 21.6. The highest BCUT2D eigenvalue weighted by atomic mass is 32.2. The van der Waals surface area contributed by atoms with Gasteiger partial charge >= 0.3 is 0 Å². The summed E-state index contributed by atoms with van der Waals surface area (Å²) in [5.74, 6) is -0.851. The van der Waals surface area contributed by atoms with Crippen molar-refractivity contribution in [3.05, 3.63) is 89.5 Å². The molecule has 3 rings (SSSR count). The smallest absolute Gasteiger partial charge is 0.255 e. The Balaban J connectivity index is 1.72. The van der Waals surface area contributed by atoms with Crippen molar-refractivity contribution in [2.24, 2.45) is 0 Å². The highest BCUT2D eigenvalue weighted by Gasteiger charge is 2.19. The average Bonchev–Trinajstić information content (AvgIpc) is 2.71. The summed E-state index contributed by atoms with van der Waals surface area (Å²) in [6.07, 6.45) is 3.81. The summed E-state index contributed by atoms with van der Waals surface area (Å²) < 4.78 is 41.5.